The maximum Gasteiger partial charge on any atom is 0.261 e. The van der Waals surface area contributed by atoms with E-state index in [4.69, 9.17) is 9.26 Å². The van der Waals surface area contributed by atoms with Crippen LogP contribution in [0.25, 0.3) is 10.9 Å². The smallest absolute Gasteiger partial charge is 0.261 e. The lowest BCUT2D eigenvalue weighted by atomic mass is 10.2. The lowest BCUT2D eigenvalue weighted by molar-refractivity contribution is 0.0402. The Morgan fingerprint density at radius 3 is 2.83 bits per heavy atom. The Bertz CT molecular complexity index is 885. The largest absolute Gasteiger partial charge is 0.370 e. The van der Waals surface area contributed by atoms with Crippen LogP contribution in [-0.2, 0) is 11.3 Å². The van der Waals surface area contributed by atoms with Crippen LogP contribution in [0.1, 0.15) is 38.6 Å². The fraction of sp³-hybridized carbons (Fsp3) is 0.412. The van der Waals surface area contributed by atoms with Gasteiger partial charge in [-0.25, -0.2) is 4.98 Å². The predicted molar refractivity (Wildman–Crippen MR) is 88.6 cm³/mol. The number of aromatic nitrogens is 4. The zero-order chi connectivity index (χ0) is 17.1. The molecule has 2 aromatic heterocycles. The lowest BCUT2D eigenvalue weighted by Gasteiger charge is -2.10. The molecule has 1 atom stereocenters. The molecule has 1 aromatic carbocycles. The normalized spacial score (nSPS) is 12.8. The Labute approximate surface area is 139 Å². The number of nitrogens with zero attached hydrogens (tertiary/aromatic N) is 4. The van der Waals surface area contributed by atoms with E-state index in [1.165, 1.54) is 10.9 Å². The number of para-hydroxylation sites is 1. The highest BCUT2D eigenvalue weighted by molar-refractivity contribution is 5.76. The summed E-state index contributed by atoms with van der Waals surface area (Å²) in [5, 5.41) is 4.50. The number of rotatable bonds is 6. The minimum Gasteiger partial charge on any atom is -0.370 e. The predicted octanol–water partition coefficient (Wildman–Crippen LogP) is 2.56. The Morgan fingerprint density at radius 1 is 1.25 bits per heavy atom. The third kappa shape index (κ3) is 3.51. The molecule has 7 heteroatoms. The van der Waals surface area contributed by atoms with Crippen LogP contribution in [0, 0.1) is 5.92 Å². The van der Waals surface area contributed by atoms with Gasteiger partial charge in [-0.05, 0) is 25.0 Å². The number of ether oxygens (including phenoxy) is 1. The summed E-state index contributed by atoms with van der Waals surface area (Å²) in [5.74, 6) is 1.26. The van der Waals surface area contributed by atoms with E-state index in [0.29, 0.717) is 35.1 Å². The molecule has 0 saturated heterocycles. The fourth-order valence-electron chi connectivity index (χ4n) is 2.27. The third-order valence-corrected chi connectivity index (χ3v) is 3.56. The second-order valence-electron chi connectivity index (χ2n) is 6.11. The summed E-state index contributed by atoms with van der Waals surface area (Å²) >= 11 is 0. The highest BCUT2D eigenvalue weighted by atomic mass is 16.5. The molecule has 126 valence electrons. The maximum absolute atomic E-state index is 12.5. The summed E-state index contributed by atoms with van der Waals surface area (Å²) in [7, 11) is 0. The minimum atomic E-state index is -0.253. The highest BCUT2D eigenvalue weighted by Gasteiger charge is 2.15. The Kier molecular flexibility index (Phi) is 4.71. The van der Waals surface area contributed by atoms with E-state index in [1.54, 1.807) is 12.1 Å². The maximum atomic E-state index is 12.5. The molecule has 0 aliphatic rings. The summed E-state index contributed by atoms with van der Waals surface area (Å²) < 4.78 is 12.4. The zero-order valence-corrected chi connectivity index (χ0v) is 14.0. The first-order valence-electron chi connectivity index (χ1n) is 7.93. The van der Waals surface area contributed by atoms with Crippen LogP contribution >= 0.6 is 0 Å². The molecule has 1 unspecified atom stereocenters. The van der Waals surface area contributed by atoms with Crippen molar-refractivity contribution in [3.63, 3.8) is 0 Å². The van der Waals surface area contributed by atoms with Crippen molar-refractivity contribution in [3.05, 3.63) is 52.7 Å². The van der Waals surface area contributed by atoms with Crippen molar-refractivity contribution in [2.75, 3.05) is 6.61 Å². The van der Waals surface area contributed by atoms with Crippen molar-refractivity contribution >= 4 is 10.9 Å². The molecule has 0 amide bonds. The zero-order valence-electron chi connectivity index (χ0n) is 14.0. The molecule has 0 spiro atoms. The van der Waals surface area contributed by atoms with Gasteiger partial charge in [0.2, 0.25) is 5.89 Å². The van der Waals surface area contributed by atoms with Gasteiger partial charge < -0.3 is 9.26 Å². The lowest BCUT2D eigenvalue weighted by Crippen LogP contribution is -2.21. The third-order valence-electron chi connectivity index (χ3n) is 3.56. The van der Waals surface area contributed by atoms with E-state index in [0.717, 1.165) is 0 Å². The molecule has 24 heavy (non-hydrogen) atoms. The van der Waals surface area contributed by atoms with E-state index in [2.05, 4.69) is 29.0 Å². The number of hydrogen-bond donors (Lipinski definition) is 0. The van der Waals surface area contributed by atoms with Crippen LogP contribution in [0.5, 0.6) is 0 Å². The van der Waals surface area contributed by atoms with Crippen molar-refractivity contribution in [1.29, 1.82) is 0 Å². The van der Waals surface area contributed by atoms with Crippen LogP contribution in [0.4, 0.5) is 0 Å². The van der Waals surface area contributed by atoms with Crippen molar-refractivity contribution in [1.82, 2.24) is 19.7 Å². The van der Waals surface area contributed by atoms with E-state index in [1.807, 2.05) is 19.1 Å². The molecule has 0 N–H and O–H groups in total. The van der Waals surface area contributed by atoms with Crippen LogP contribution in [0.3, 0.4) is 0 Å². The van der Waals surface area contributed by atoms with Gasteiger partial charge >= 0.3 is 0 Å². The van der Waals surface area contributed by atoms with Crippen molar-refractivity contribution in [2.45, 2.75) is 33.4 Å². The van der Waals surface area contributed by atoms with Gasteiger partial charge in [0.15, 0.2) is 5.82 Å². The SMILES string of the molecule is CC(C)COC(C)c1noc(Cn2cnc3ccccc3c2=O)n1. The summed E-state index contributed by atoms with van der Waals surface area (Å²) in [6.45, 7) is 6.83. The van der Waals surface area contributed by atoms with Crippen LogP contribution in [0.2, 0.25) is 0 Å². The number of benzene rings is 1. The second-order valence-corrected chi connectivity index (χ2v) is 6.11. The van der Waals surface area contributed by atoms with Crippen molar-refractivity contribution < 1.29 is 9.26 Å². The fourth-order valence-corrected chi connectivity index (χ4v) is 2.27. The van der Waals surface area contributed by atoms with E-state index < -0.39 is 0 Å². The van der Waals surface area contributed by atoms with E-state index in [-0.39, 0.29) is 18.2 Å². The van der Waals surface area contributed by atoms with Gasteiger partial charge in [-0.15, -0.1) is 0 Å². The number of fused-ring (bicyclic) bond motifs is 1. The molecule has 3 aromatic rings. The van der Waals surface area contributed by atoms with Gasteiger partial charge in [-0.3, -0.25) is 9.36 Å². The molecule has 0 aliphatic carbocycles. The summed E-state index contributed by atoms with van der Waals surface area (Å²) in [4.78, 5) is 21.1. The first-order chi connectivity index (χ1) is 11.5. The summed E-state index contributed by atoms with van der Waals surface area (Å²) in [6, 6.07) is 7.22. The molecule has 2 heterocycles. The molecule has 7 nitrogen and oxygen atoms in total. The van der Waals surface area contributed by atoms with E-state index >= 15 is 0 Å². The van der Waals surface area contributed by atoms with Crippen molar-refractivity contribution in [3.8, 4) is 0 Å². The molecular weight excluding hydrogens is 308 g/mol. The molecule has 3 rings (SSSR count). The molecule has 0 bridgehead atoms. The first-order valence-corrected chi connectivity index (χ1v) is 7.93. The monoisotopic (exact) mass is 328 g/mol. The van der Waals surface area contributed by atoms with Crippen LogP contribution in [0.15, 0.2) is 39.9 Å². The summed E-state index contributed by atoms with van der Waals surface area (Å²) in [5.41, 5.74) is 0.533. The first kappa shape index (κ1) is 16.3. The van der Waals surface area contributed by atoms with Gasteiger partial charge in [0.25, 0.3) is 5.56 Å². The average molecular weight is 328 g/mol. The van der Waals surface area contributed by atoms with Crippen LogP contribution in [-0.4, -0.2) is 26.3 Å². The Morgan fingerprint density at radius 2 is 2.04 bits per heavy atom. The molecule has 0 saturated carbocycles. The molecule has 0 fully saturated rings. The van der Waals surface area contributed by atoms with E-state index in [9.17, 15) is 4.79 Å². The summed E-state index contributed by atoms with van der Waals surface area (Å²) in [6.07, 6.45) is 1.24. The van der Waals surface area contributed by atoms with Gasteiger partial charge in [-0.1, -0.05) is 31.1 Å². The molecule has 0 aliphatic heterocycles. The van der Waals surface area contributed by atoms with Crippen molar-refractivity contribution in [2.24, 2.45) is 5.92 Å². The molecule has 0 radical (unpaired) electrons. The quantitative estimate of drug-likeness (QED) is 0.691. The van der Waals surface area contributed by atoms with Gasteiger partial charge in [0, 0.05) is 6.61 Å². The topological polar surface area (TPSA) is 83.0 Å². The number of hydrogen-bond acceptors (Lipinski definition) is 6. The van der Waals surface area contributed by atoms with Gasteiger partial charge in [0.1, 0.15) is 12.6 Å². The van der Waals surface area contributed by atoms with Gasteiger partial charge in [-0.2, -0.15) is 4.98 Å². The standard InChI is InChI=1S/C17H20N4O3/c1-11(2)9-23-12(3)16-19-15(24-20-16)8-21-10-18-14-7-5-4-6-13(14)17(21)22/h4-7,10-12H,8-9H2,1-3H3. The van der Waals surface area contributed by atoms with Gasteiger partial charge in [0.05, 0.1) is 17.2 Å². The molecular formula is C17H20N4O3. The Balaban J connectivity index is 1.78. The second kappa shape index (κ2) is 6.92. The van der Waals surface area contributed by atoms with Crippen LogP contribution < -0.4 is 5.56 Å². The average Bonchev–Trinajstić information content (AvgIpc) is 3.04. The Hall–Kier alpha value is -2.54. The highest BCUT2D eigenvalue weighted by Crippen LogP contribution is 2.15. The minimum absolute atomic E-state index is 0.135.